The maximum atomic E-state index is 5.91. The monoisotopic (exact) mass is 376 g/mol. The van der Waals surface area contributed by atoms with Gasteiger partial charge in [0.05, 0.1) is 26.4 Å². The van der Waals surface area contributed by atoms with Gasteiger partial charge in [-0.25, -0.2) is 4.99 Å². The Hall–Kier alpha value is -1.79. The van der Waals surface area contributed by atoms with Crippen LogP contribution in [0.4, 0.5) is 0 Å². The summed E-state index contributed by atoms with van der Waals surface area (Å²) in [4.78, 5) is 7.23. The average molecular weight is 377 g/mol. The van der Waals surface area contributed by atoms with Crippen molar-refractivity contribution in [3.8, 4) is 5.75 Å². The lowest BCUT2D eigenvalue weighted by atomic mass is 10.1. The molecule has 1 heterocycles. The third kappa shape index (κ3) is 7.39. The molecule has 1 fully saturated rings. The normalized spacial score (nSPS) is 16.8. The van der Waals surface area contributed by atoms with Gasteiger partial charge >= 0.3 is 0 Å². The molecule has 0 bridgehead atoms. The molecule has 1 unspecified atom stereocenters. The summed E-state index contributed by atoms with van der Waals surface area (Å²) in [5.74, 6) is 1.79. The van der Waals surface area contributed by atoms with E-state index in [2.05, 4.69) is 61.4 Å². The first-order chi connectivity index (χ1) is 13.1. The molecule has 1 saturated heterocycles. The number of nitrogens with one attached hydrogen (secondary N) is 2. The molecule has 2 N–H and O–H groups in total. The van der Waals surface area contributed by atoms with Gasteiger partial charge in [-0.15, -0.1) is 0 Å². The van der Waals surface area contributed by atoms with E-state index >= 15 is 0 Å². The summed E-state index contributed by atoms with van der Waals surface area (Å²) in [5.41, 5.74) is 2.32. The van der Waals surface area contributed by atoms with Crippen LogP contribution in [0.3, 0.4) is 0 Å². The molecule has 152 valence electrons. The van der Waals surface area contributed by atoms with Crippen molar-refractivity contribution in [1.29, 1.82) is 0 Å². The lowest BCUT2D eigenvalue weighted by Crippen LogP contribution is -2.49. The van der Waals surface area contributed by atoms with E-state index < -0.39 is 0 Å². The van der Waals surface area contributed by atoms with Crippen molar-refractivity contribution in [2.24, 2.45) is 4.99 Å². The third-order valence-corrected chi connectivity index (χ3v) is 4.67. The molecule has 1 aliphatic rings. The van der Waals surface area contributed by atoms with Crippen molar-refractivity contribution in [2.45, 2.75) is 46.7 Å². The van der Waals surface area contributed by atoms with Gasteiger partial charge in [0.15, 0.2) is 5.96 Å². The fourth-order valence-corrected chi connectivity index (χ4v) is 3.04. The van der Waals surface area contributed by atoms with Crippen molar-refractivity contribution < 1.29 is 9.47 Å². The van der Waals surface area contributed by atoms with Crippen LogP contribution in [0.5, 0.6) is 5.75 Å². The minimum Gasteiger partial charge on any atom is -0.493 e. The van der Waals surface area contributed by atoms with Crippen LogP contribution in [0.2, 0.25) is 0 Å². The quantitative estimate of drug-likeness (QED) is 0.512. The van der Waals surface area contributed by atoms with Gasteiger partial charge in [-0.2, -0.15) is 0 Å². The molecule has 0 aliphatic carbocycles. The molecule has 1 aromatic carbocycles. The number of ether oxygens (including phenoxy) is 2. The summed E-state index contributed by atoms with van der Waals surface area (Å²) in [6.45, 7) is 15.2. The number of nitrogens with zero attached hydrogens (tertiary/aromatic N) is 2. The highest BCUT2D eigenvalue weighted by Gasteiger charge is 2.17. The van der Waals surface area contributed by atoms with Crippen molar-refractivity contribution in [1.82, 2.24) is 15.5 Å². The maximum Gasteiger partial charge on any atom is 0.191 e. The molecule has 2 rings (SSSR count). The number of hydrogen-bond donors (Lipinski definition) is 2. The Morgan fingerprint density at radius 1 is 1.26 bits per heavy atom. The predicted molar refractivity (Wildman–Crippen MR) is 112 cm³/mol. The van der Waals surface area contributed by atoms with Gasteiger partial charge in [0.25, 0.3) is 0 Å². The SMILES string of the molecule is CCCOc1cc(C)ccc1CN=C(NCC)NCC(C)N1CCOCC1. The van der Waals surface area contributed by atoms with Gasteiger partial charge in [0, 0.05) is 37.8 Å². The fraction of sp³-hybridized carbons (Fsp3) is 0.667. The lowest BCUT2D eigenvalue weighted by Gasteiger charge is -2.32. The minimum atomic E-state index is 0.445. The average Bonchev–Trinajstić information content (AvgIpc) is 2.69. The van der Waals surface area contributed by atoms with Gasteiger partial charge in [-0.05, 0) is 38.8 Å². The zero-order valence-electron chi connectivity index (χ0n) is 17.4. The molecule has 1 aliphatic heterocycles. The van der Waals surface area contributed by atoms with E-state index in [1.54, 1.807) is 0 Å². The smallest absolute Gasteiger partial charge is 0.191 e. The van der Waals surface area contributed by atoms with Crippen LogP contribution < -0.4 is 15.4 Å². The number of aliphatic imine (C=N–C) groups is 1. The Morgan fingerprint density at radius 3 is 2.74 bits per heavy atom. The van der Waals surface area contributed by atoms with Gasteiger partial charge in [-0.1, -0.05) is 19.1 Å². The standard InChI is InChI=1S/C21H36N4O2/c1-5-11-27-20-14-17(3)7-8-19(20)16-24-21(22-6-2)23-15-18(4)25-9-12-26-13-10-25/h7-8,14,18H,5-6,9-13,15-16H2,1-4H3,(H2,22,23,24). The molecular weight excluding hydrogens is 340 g/mol. The van der Waals surface area contributed by atoms with Crippen molar-refractivity contribution in [3.63, 3.8) is 0 Å². The number of guanidine groups is 1. The predicted octanol–water partition coefficient (Wildman–Crippen LogP) is 2.56. The highest BCUT2D eigenvalue weighted by molar-refractivity contribution is 5.79. The second-order valence-corrected chi connectivity index (χ2v) is 7.03. The largest absolute Gasteiger partial charge is 0.493 e. The molecule has 0 aromatic heterocycles. The Morgan fingerprint density at radius 2 is 2.04 bits per heavy atom. The number of hydrogen-bond acceptors (Lipinski definition) is 4. The molecule has 27 heavy (non-hydrogen) atoms. The van der Waals surface area contributed by atoms with Crippen LogP contribution in [-0.4, -0.2) is 62.9 Å². The number of benzene rings is 1. The van der Waals surface area contributed by atoms with Crippen LogP contribution in [0, 0.1) is 6.92 Å². The van der Waals surface area contributed by atoms with Gasteiger partial charge in [-0.3, -0.25) is 4.90 Å². The molecule has 6 nitrogen and oxygen atoms in total. The Kier molecular flexibility index (Phi) is 9.42. The van der Waals surface area contributed by atoms with E-state index in [1.165, 1.54) is 5.56 Å². The van der Waals surface area contributed by atoms with E-state index in [1.807, 2.05) is 0 Å². The van der Waals surface area contributed by atoms with E-state index in [-0.39, 0.29) is 0 Å². The van der Waals surface area contributed by atoms with Crippen molar-refractivity contribution >= 4 is 5.96 Å². The Bertz CT molecular complexity index is 586. The van der Waals surface area contributed by atoms with Crippen molar-refractivity contribution in [2.75, 3.05) is 46.0 Å². The van der Waals surface area contributed by atoms with Crippen LogP contribution in [0.25, 0.3) is 0 Å². The van der Waals surface area contributed by atoms with E-state index in [0.29, 0.717) is 12.6 Å². The second kappa shape index (κ2) is 11.8. The van der Waals surface area contributed by atoms with E-state index in [9.17, 15) is 0 Å². The van der Waals surface area contributed by atoms with Crippen LogP contribution in [0.1, 0.15) is 38.3 Å². The Labute approximate surface area is 164 Å². The summed E-state index contributed by atoms with van der Waals surface area (Å²) < 4.78 is 11.3. The zero-order chi connectivity index (χ0) is 19.5. The van der Waals surface area contributed by atoms with Gasteiger partial charge in [0.1, 0.15) is 5.75 Å². The van der Waals surface area contributed by atoms with Gasteiger partial charge in [0.2, 0.25) is 0 Å². The molecule has 6 heteroatoms. The van der Waals surface area contributed by atoms with Gasteiger partial charge < -0.3 is 20.1 Å². The number of rotatable bonds is 9. The fourth-order valence-electron chi connectivity index (χ4n) is 3.04. The highest BCUT2D eigenvalue weighted by atomic mass is 16.5. The van der Waals surface area contributed by atoms with Crippen molar-refractivity contribution in [3.05, 3.63) is 29.3 Å². The number of morpholine rings is 1. The topological polar surface area (TPSA) is 58.1 Å². The highest BCUT2D eigenvalue weighted by Crippen LogP contribution is 2.21. The summed E-state index contributed by atoms with van der Waals surface area (Å²) in [6, 6.07) is 6.77. The van der Waals surface area contributed by atoms with Crippen LogP contribution in [-0.2, 0) is 11.3 Å². The molecule has 0 saturated carbocycles. The molecule has 0 amide bonds. The summed E-state index contributed by atoms with van der Waals surface area (Å²) >= 11 is 0. The maximum absolute atomic E-state index is 5.91. The molecule has 1 atom stereocenters. The molecule has 0 radical (unpaired) electrons. The lowest BCUT2D eigenvalue weighted by molar-refractivity contribution is 0.0211. The first-order valence-electron chi connectivity index (χ1n) is 10.2. The summed E-state index contributed by atoms with van der Waals surface area (Å²) in [7, 11) is 0. The van der Waals surface area contributed by atoms with E-state index in [0.717, 1.165) is 69.7 Å². The number of aryl methyl sites for hydroxylation is 1. The first kappa shape index (κ1) is 21.5. The third-order valence-electron chi connectivity index (χ3n) is 4.67. The Balaban J connectivity index is 1.96. The first-order valence-corrected chi connectivity index (χ1v) is 10.2. The van der Waals surface area contributed by atoms with Crippen LogP contribution in [0.15, 0.2) is 23.2 Å². The van der Waals surface area contributed by atoms with Crippen LogP contribution >= 0.6 is 0 Å². The zero-order valence-corrected chi connectivity index (χ0v) is 17.4. The molecule has 1 aromatic rings. The second-order valence-electron chi connectivity index (χ2n) is 7.03. The summed E-state index contributed by atoms with van der Waals surface area (Å²) in [6.07, 6.45) is 1.00. The molecule has 0 spiro atoms. The van der Waals surface area contributed by atoms with E-state index in [4.69, 9.17) is 14.5 Å². The minimum absolute atomic E-state index is 0.445. The molecular formula is C21H36N4O2. The summed E-state index contributed by atoms with van der Waals surface area (Å²) in [5, 5.41) is 6.82.